The Hall–Kier alpha value is -2.39. The van der Waals surface area contributed by atoms with Gasteiger partial charge in [-0.1, -0.05) is 11.6 Å². The summed E-state index contributed by atoms with van der Waals surface area (Å²) < 4.78 is 9.36. The maximum Gasteiger partial charge on any atom is 0.348 e. The van der Waals surface area contributed by atoms with Crippen molar-refractivity contribution in [2.24, 2.45) is 0 Å². The largest absolute Gasteiger partial charge is 0.465 e. The van der Waals surface area contributed by atoms with Crippen LogP contribution in [0.2, 0.25) is 5.02 Å². The number of hydrogen-bond acceptors (Lipinski definition) is 7. The number of carbonyl (C=O) groups is 3. The molecule has 0 aromatic carbocycles. The summed E-state index contributed by atoms with van der Waals surface area (Å²) in [5.74, 6) is -1.90. The van der Waals surface area contributed by atoms with Gasteiger partial charge in [-0.25, -0.2) is 9.59 Å². The molecule has 0 radical (unpaired) electrons. The van der Waals surface area contributed by atoms with Crippen molar-refractivity contribution in [2.75, 3.05) is 19.5 Å². The number of amides is 1. The van der Waals surface area contributed by atoms with Gasteiger partial charge in [-0.15, -0.1) is 11.3 Å². The molecule has 2 aromatic heterocycles. The molecule has 0 atom stereocenters. The molecule has 2 aromatic rings. The topological polar surface area (TPSA) is 110 Å². The number of rotatable bonds is 4. The van der Waals surface area contributed by atoms with Crippen molar-refractivity contribution < 1.29 is 23.9 Å². The van der Waals surface area contributed by atoms with Gasteiger partial charge >= 0.3 is 11.9 Å². The number of nitrogens with one attached hydrogen (secondary N) is 2. The van der Waals surface area contributed by atoms with Crippen molar-refractivity contribution in [3.63, 3.8) is 0 Å². The Balaban J connectivity index is 2.44. The van der Waals surface area contributed by atoms with Crippen LogP contribution in [0.15, 0.2) is 6.20 Å². The second-order valence-corrected chi connectivity index (χ2v) is 5.72. The number of carbonyl (C=O) groups excluding carboxylic acids is 3. The first-order valence-corrected chi connectivity index (χ1v) is 7.40. The Morgan fingerprint density at radius 2 is 1.91 bits per heavy atom. The van der Waals surface area contributed by atoms with Crippen LogP contribution in [-0.2, 0) is 9.47 Å². The Labute approximate surface area is 139 Å². The van der Waals surface area contributed by atoms with Gasteiger partial charge < -0.3 is 14.8 Å². The number of H-pyrrole nitrogens is 1. The molecule has 2 rings (SSSR count). The Bertz CT molecular complexity index is 783. The standard InChI is InChI=1S/C13H12ClN3O5S/c1-5-7(12(19)21-2)11(23-9(5)13(20)22-3)16-10(18)8-6(14)4-15-17-8/h4H,1-3H3,(H,15,17)(H,16,18). The second kappa shape index (κ2) is 6.80. The highest BCUT2D eigenvalue weighted by atomic mass is 35.5. The third-order valence-electron chi connectivity index (χ3n) is 2.95. The van der Waals surface area contributed by atoms with E-state index in [2.05, 4.69) is 20.3 Å². The first kappa shape index (κ1) is 17.0. The van der Waals surface area contributed by atoms with Gasteiger partial charge in [0.2, 0.25) is 0 Å². The number of anilines is 1. The number of thiophene rings is 1. The molecule has 2 N–H and O–H groups in total. The van der Waals surface area contributed by atoms with Gasteiger partial charge in [0.05, 0.1) is 31.0 Å². The fourth-order valence-corrected chi connectivity index (χ4v) is 3.12. The van der Waals surface area contributed by atoms with Gasteiger partial charge in [-0.3, -0.25) is 9.89 Å². The van der Waals surface area contributed by atoms with Gasteiger partial charge in [0.15, 0.2) is 0 Å². The number of ether oxygens (including phenoxy) is 2. The minimum atomic E-state index is -0.681. The molecule has 0 saturated carbocycles. The smallest absolute Gasteiger partial charge is 0.348 e. The predicted molar refractivity (Wildman–Crippen MR) is 83.3 cm³/mol. The maximum atomic E-state index is 12.2. The molecule has 8 nitrogen and oxygen atoms in total. The van der Waals surface area contributed by atoms with Crippen LogP contribution in [0, 0.1) is 6.92 Å². The van der Waals surface area contributed by atoms with Gasteiger partial charge in [-0.05, 0) is 12.5 Å². The van der Waals surface area contributed by atoms with E-state index in [1.165, 1.54) is 20.4 Å². The van der Waals surface area contributed by atoms with E-state index < -0.39 is 17.8 Å². The Morgan fingerprint density at radius 1 is 1.26 bits per heavy atom. The first-order valence-electron chi connectivity index (χ1n) is 6.20. The molecule has 1 amide bonds. The Morgan fingerprint density at radius 3 is 2.43 bits per heavy atom. The number of aromatic amines is 1. The number of esters is 2. The van der Waals surface area contributed by atoms with E-state index in [1.54, 1.807) is 6.92 Å². The van der Waals surface area contributed by atoms with Crippen LogP contribution in [0.3, 0.4) is 0 Å². The molecule has 0 spiro atoms. The molecule has 0 aliphatic rings. The molecule has 122 valence electrons. The summed E-state index contributed by atoms with van der Waals surface area (Å²) in [5.41, 5.74) is 0.481. The zero-order valence-corrected chi connectivity index (χ0v) is 13.9. The van der Waals surface area contributed by atoms with Crippen molar-refractivity contribution in [3.8, 4) is 0 Å². The molecule has 0 fully saturated rings. The zero-order valence-electron chi connectivity index (χ0n) is 12.4. The van der Waals surface area contributed by atoms with Gasteiger partial charge in [0.1, 0.15) is 15.6 Å². The van der Waals surface area contributed by atoms with Crippen LogP contribution in [0.5, 0.6) is 0 Å². The average molecular weight is 358 g/mol. The summed E-state index contributed by atoms with van der Waals surface area (Å²) in [6.07, 6.45) is 1.28. The van der Waals surface area contributed by atoms with Crippen molar-refractivity contribution in [2.45, 2.75) is 6.92 Å². The summed E-state index contributed by atoms with van der Waals surface area (Å²) in [6, 6.07) is 0. The van der Waals surface area contributed by atoms with Crippen molar-refractivity contribution in [3.05, 3.63) is 32.9 Å². The van der Waals surface area contributed by atoms with E-state index in [0.29, 0.717) is 5.56 Å². The van der Waals surface area contributed by atoms with Crippen LogP contribution in [0.1, 0.15) is 36.1 Å². The molecule has 2 heterocycles. The minimum absolute atomic E-state index is 0.0353. The van der Waals surface area contributed by atoms with Crippen LogP contribution >= 0.6 is 22.9 Å². The van der Waals surface area contributed by atoms with Crippen LogP contribution in [0.4, 0.5) is 5.00 Å². The fraction of sp³-hybridized carbons (Fsp3) is 0.231. The third kappa shape index (κ3) is 3.20. The molecule has 0 saturated heterocycles. The molecule has 0 unspecified atom stereocenters. The molecule has 0 bridgehead atoms. The van der Waals surface area contributed by atoms with E-state index >= 15 is 0 Å². The molecular formula is C13H12ClN3O5S. The normalized spacial score (nSPS) is 10.3. The summed E-state index contributed by atoms with van der Waals surface area (Å²) in [6.45, 7) is 1.56. The number of halogens is 1. The minimum Gasteiger partial charge on any atom is -0.465 e. The van der Waals surface area contributed by atoms with E-state index in [1.807, 2.05) is 0 Å². The summed E-state index contributed by atoms with van der Waals surface area (Å²) >= 11 is 6.73. The predicted octanol–water partition coefficient (Wildman–Crippen LogP) is 2.26. The highest BCUT2D eigenvalue weighted by Gasteiger charge is 2.27. The lowest BCUT2D eigenvalue weighted by Gasteiger charge is -2.05. The summed E-state index contributed by atoms with van der Waals surface area (Å²) in [7, 11) is 2.43. The van der Waals surface area contributed by atoms with Crippen LogP contribution in [-0.4, -0.2) is 42.3 Å². The van der Waals surface area contributed by atoms with Crippen LogP contribution < -0.4 is 5.32 Å². The van der Waals surface area contributed by atoms with Gasteiger partial charge in [-0.2, -0.15) is 5.10 Å². The monoisotopic (exact) mass is 357 g/mol. The third-order valence-corrected chi connectivity index (χ3v) is 4.43. The highest BCUT2D eigenvalue weighted by molar-refractivity contribution is 7.18. The SMILES string of the molecule is COC(=O)c1sc(NC(=O)c2[nH]ncc2Cl)c(C(=O)OC)c1C. The lowest BCUT2D eigenvalue weighted by molar-refractivity contribution is 0.0601. The maximum absolute atomic E-state index is 12.2. The number of hydrogen-bond donors (Lipinski definition) is 2. The molecular weight excluding hydrogens is 346 g/mol. The van der Waals surface area contributed by atoms with Crippen molar-refractivity contribution >= 4 is 45.8 Å². The molecule has 23 heavy (non-hydrogen) atoms. The van der Waals surface area contributed by atoms with Gasteiger partial charge in [0, 0.05) is 0 Å². The number of nitrogens with zero attached hydrogens (tertiary/aromatic N) is 1. The van der Waals surface area contributed by atoms with E-state index in [-0.39, 0.29) is 26.2 Å². The Kier molecular flexibility index (Phi) is 5.02. The van der Waals surface area contributed by atoms with E-state index in [4.69, 9.17) is 16.3 Å². The second-order valence-electron chi connectivity index (χ2n) is 4.29. The number of aromatic nitrogens is 2. The van der Waals surface area contributed by atoms with E-state index in [9.17, 15) is 14.4 Å². The van der Waals surface area contributed by atoms with Crippen molar-refractivity contribution in [1.82, 2.24) is 10.2 Å². The van der Waals surface area contributed by atoms with E-state index in [0.717, 1.165) is 11.3 Å². The fourth-order valence-electron chi connectivity index (χ4n) is 1.83. The highest BCUT2D eigenvalue weighted by Crippen LogP contribution is 2.34. The lowest BCUT2D eigenvalue weighted by atomic mass is 10.1. The van der Waals surface area contributed by atoms with Crippen molar-refractivity contribution in [1.29, 1.82) is 0 Å². The summed E-state index contributed by atoms with van der Waals surface area (Å²) in [4.78, 5) is 36.1. The quantitative estimate of drug-likeness (QED) is 0.812. The number of methoxy groups -OCH3 is 2. The summed E-state index contributed by atoms with van der Waals surface area (Å²) in [5, 5.41) is 8.90. The van der Waals surface area contributed by atoms with Crippen LogP contribution in [0.25, 0.3) is 0 Å². The molecule has 0 aliphatic carbocycles. The lowest BCUT2D eigenvalue weighted by Crippen LogP contribution is -2.15. The first-order chi connectivity index (χ1) is 10.9. The van der Waals surface area contributed by atoms with Gasteiger partial charge in [0.25, 0.3) is 5.91 Å². The average Bonchev–Trinajstić information content (AvgIpc) is 3.09. The molecule has 0 aliphatic heterocycles. The zero-order chi connectivity index (χ0) is 17.1. The molecule has 10 heteroatoms.